The number of halogens is 1. The first-order valence-electron chi connectivity index (χ1n) is 4.27. The van der Waals surface area contributed by atoms with Gasteiger partial charge in [-0.1, -0.05) is 6.92 Å². The number of aromatic nitrogens is 1. The summed E-state index contributed by atoms with van der Waals surface area (Å²) < 4.78 is 0.881. The third-order valence-corrected chi connectivity index (χ3v) is 3.43. The second kappa shape index (κ2) is 3.90. The molecule has 1 atom stereocenters. The van der Waals surface area contributed by atoms with Gasteiger partial charge in [-0.2, -0.15) is 0 Å². The van der Waals surface area contributed by atoms with Crippen molar-refractivity contribution in [2.24, 2.45) is 0 Å². The molecule has 1 aliphatic heterocycles. The Hall–Kier alpha value is -0.550. The molecule has 2 rings (SSSR count). The minimum atomic E-state index is 0.0589. The number of hydrogen-bond donors (Lipinski definition) is 1. The average molecular weight is 273 g/mol. The number of pyridine rings is 1. The van der Waals surface area contributed by atoms with Crippen LogP contribution in [0.15, 0.2) is 21.8 Å². The van der Waals surface area contributed by atoms with Crippen molar-refractivity contribution in [2.75, 3.05) is 5.32 Å². The fraction of sp³-hybridized carbons (Fsp3) is 0.333. The van der Waals surface area contributed by atoms with Gasteiger partial charge in [0.2, 0.25) is 5.91 Å². The van der Waals surface area contributed by atoms with Crippen molar-refractivity contribution < 1.29 is 4.79 Å². The maximum atomic E-state index is 11.4. The van der Waals surface area contributed by atoms with Crippen LogP contribution in [0.4, 0.5) is 5.69 Å². The Balaban J connectivity index is 2.41. The highest BCUT2D eigenvalue weighted by atomic mass is 79.9. The zero-order chi connectivity index (χ0) is 10.1. The molecule has 1 aliphatic rings. The molecule has 74 valence electrons. The summed E-state index contributed by atoms with van der Waals surface area (Å²) in [5.74, 6) is 0.0589. The summed E-state index contributed by atoms with van der Waals surface area (Å²) >= 11 is 4.96. The number of nitrogens with one attached hydrogen (secondary N) is 1. The van der Waals surface area contributed by atoms with Crippen LogP contribution in [-0.4, -0.2) is 16.1 Å². The van der Waals surface area contributed by atoms with E-state index in [1.807, 2.05) is 13.0 Å². The summed E-state index contributed by atoms with van der Waals surface area (Å²) in [5, 5.41) is 4.02. The van der Waals surface area contributed by atoms with Gasteiger partial charge in [0, 0.05) is 22.3 Å². The lowest BCUT2D eigenvalue weighted by Crippen LogP contribution is -2.13. The average Bonchev–Trinajstić information content (AvgIpc) is 2.21. The van der Waals surface area contributed by atoms with Crippen LogP contribution in [0.1, 0.15) is 13.3 Å². The van der Waals surface area contributed by atoms with Crippen molar-refractivity contribution in [3.63, 3.8) is 0 Å². The number of anilines is 1. The lowest BCUT2D eigenvalue weighted by Gasteiger charge is -2.05. The first-order chi connectivity index (χ1) is 6.65. The largest absolute Gasteiger partial charge is 0.324 e. The molecule has 0 aromatic carbocycles. The van der Waals surface area contributed by atoms with Crippen LogP contribution in [0.3, 0.4) is 0 Å². The molecule has 2 heterocycles. The Morgan fingerprint density at radius 3 is 3.29 bits per heavy atom. The third-order valence-electron chi connectivity index (χ3n) is 1.88. The predicted molar refractivity (Wildman–Crippen MR) is 60.5 cm³/mol. The van der Waals surface area contributed by atoms with Gasteiger partial charge in [-0.25, -0.2) is 4.98 Å². The predicted octanol–water partition coefficient (Wildman–Crippen LogP) is 2.67. The molecule has 1 N–H and O–H groups in total. The van der Waals surface area contributed by atoms with Gasteiger partial charge < -0.3 is 5.32 Å². The fourth-order valence-electron chi connectivity index (χ4n) is 1.30. The molecule has 0 spiro atoms. The zero-order valence-electron chi connectivity index (χ0n) is 7.58. The van der Waals surface area contributed by atoms with Crippen LogP contribution in [0, 0.1) is 0 Å². The molecule has 0 saturated carbocycles. The van der Waals surface area contributed by atoms with Gasteiger partial charge >= 0.3 is 0 Å². The van der Waals surface area contributed by atoms with Crippen molar-refractivity contribution in [1.29, 1.82) is 0 Å². The number of nitrogens with zero attached hydrogens (tertiary/aromatic N) is 1. The summed E-state index contributed by atoms with van der Waals surface area (Å²) in [6.07, 6.45) is 2.29. The van der Waals surface area contributed by atoms with E-state index >= 15 is 0 Å². The van der Waals surface area contributed by atoms with Crippen molar-refractivity contribution in [2.45, 2.75) is 23.6 Å². The van der Waals surface area contributed by atoms with Gasteiger partial charge in [0.05, 0.1) is 5.69 Å². The monoisotopic (exact) mass is 272 g/mol. The van der Waals surface area contributed by atoms with Crippen molar-refractivity contribution >= 4 is 39.3 Å². The first-order valence-corrected chi connectivity index (χ1v) is 5.94. The minimum Gasteiger partial charge on any atom is -0.324 e. The highest BCUT2D eigenvalue weighted by Gasteiger charge is 2.19. The standard InChI is InChI=1S/C9H9BrN2OS/c1-5-2-8(13)12-7-3-6(10)4-11-9(7)14-5/h3-5H,2H2,1H3,(H,12,13). The Labute approximate surface area is 94.8 Å². The van der Waals surface area contributed by atoms with E-state index in [1.54, 1.807) is 18.0 Å². The lowest BCUT2D eigenvalue weighted by molar-refractivity contribution is -0.116. The van der Waals surface area contributed by atoms with E-state index < -0.39 is 0 Å². The van der Waals surface area contributed by atoms with E-state index in [1.165, 1.54) is 0 Å². The fourth-order valence-corrected chi connectivity index (χ4v) is 2.60. The van der Waals surface area contributed by atoms with Crippen molar-refractivity contribution in [3.8, 4) is 0 Å². The second-order valence-corrected chi connectivity index (χ2v) is 5.53. The summed E-state index contributed by atoms with van der Waals surface area (Å²) in [7, 11) is 0. The molecule has 0 radical (unpaired) electrons. The maximum absolute atomic E-state index is 11.4. The molecule has 0 bridgehead atoms. The molecule has 3 nitrogen and oxygen atoms in total. The van der Waals surface area contributed by atoms with Gasteiger partial charge in [0.15, 0.2) is 0 Å². The van der Waals surface area contributed by atoms with E-state index in [-0.39, 0.29) is 11.2 Å². The van der Waals surface area contributed by atoms with E-state index in [9.17, 15) is 4.79 Å². The van der Waals surface area contributed by atoms with Crippen LogP contribution in [-0.2, 0) is 4.79 Å². The Morgan fingerprint density at radius 2 is 2.50 bits per heavy atom. The Bertz CT molecular complexity index is 383. The molecule has 14 heavy (non-hydrogen) atoms. The molecule has 0 fully saturated rings. The van der Waals surface area contributed by atoms with E-state index in [2.05, 4.69) is 26.2 Å². The summed E-state index contributed by atoms with van der Waals surface area (Å²) in [5.41, 5.74) is 0.804. The van der Waals surface area contributed by atoms with Crippen LogP contribution in [0.25, 0.3) is 0 Å². The lowest BCUT2D eigenvalue weighted by atomic mass is 10.3. The number of amides is 1. The van der Waals surface area contributed by atoms with Crippen LogP contribution in [0.5, 0.6) is 0 Å². The van der Waals surface area contributed by atoms with Crippen molar-refractivity contribution in [3.05, 3.63) is 16.7 Å². The van der Waals surface area contributed by atoms with Gasteiger partial charge in [-0.15, -0.1) is 11.8 Å². The minimum absolute atomic E-state index is 0.0589. The van der Waals surface area contributed by atoms with Gasteiger partial charge in [-0.3, -0.25) is 4.79 Å². The van der Waals surface area contributed by atoms with Crippen LogP contribution < -0.4 is 5.32 Å². The first kappa shape index (κ1) is 9.98. The Morgan fingerprint density at radius 1 is 1.71 bits per heavy atom. The molecule has 1 unspecified atom stereocenters. The number of carbonyl (C=O) groups excluding carboxylic acids is 1. The number of hydrogen-bond acceptors (Lipinski definition) is 3. The molecule has 1 aromatic rings. The molecule has 1 aromatic heterocycles. The summed E-state index contributed by atoms with van der Waals surface area (Å²) in [6.45, 7) is 2.03. The highest BCUT2D eigenvalue weighted by Crippen LogP contribution is 2.34. The molecule has 1 amide bonds. The quantitative estimate of drug-likeness (QED) is 0.790. The molecule has 5 heteroatoms. The number of rotatable bonds is 0. The molecular weight excluding hydrogens is 264 g/mol. The van der Waals surface area contributed by atoms with E-state index in [0.29, 0.717) is 6.42 Å². The van der Waals surface area contributed by atoms with Gasteiger partial charge in [-0.05, 0) is 22.0 Å². The van der Waals surface area contributed by atoms with Crippen molar-refractivity contribution in [1.82, 2.24) is 4.98 Å². The maximum Gasteiger partial charge on any atom is 0.225 e. The number of fused-ring (bicyclic) bond motifs is 1. The third kappa shape index (κ3) is 2.09. The summed E-state index contributed by atoms with van der Waals surface area (Å²) in [6, 6.07) is 1.88. The number of thioether (sulfide) groups is 1. The topological polar surface area (TPSA) is 42.0 Å². The van der Waals surface area contributed by atoms with Gasteiger partial charge in [0.1, 0.15) is 5.03 Å². The number of carbonyl (C=O) groups is 1. The highest BCUT2D eigenvalue weighted by molar-refractivity contribution is 9.10. The molecule has 0 aliphatic carbocycles. The van der Waals surface area contributed by atoms with E-state index in [4.69, 9.17) is 0 Å². The normalized spacial score (nSPS) is 21.0. The second-order valence-electron chi connectivity index (χ2n) is 3.19. The van der Waals surface area contributed by atoms with Crippen LogP contribution in [0.2, 0.25) is 0 Å². The SMILES string of the molecule is CC1CC(=O)Nc2cc(Br)cnc2S1. The smallest absolute Gasteiger partial charge is 0.225 e. The molecular formula is C9H9BrN2OS. The molecule has 0 saturated heterocycles. The summed E-state index contributed by atoms with van der Waals surface area (Å²) in [4.78, 5) is 15.7. The van der Waals surface area contributed by atoms with Gasteiger partial charge in [0.25, 0.3) is 0 Å². The van der Waals surface area contributed by atoms with Crippen LogP contribution >= 0.6 is 27.7 Å². The van der Waals surface area contributed by atoms with E-state index in [0.717, 1.165) is 15.2 Å². The zero-order valence-corrected chi connectivity index (χ0v) is 9.98. The Kier molecular flexibility index (Phi) is 2.78.